The predicted molar refractivity (Wildman–Crippen MR) is 62.5 cm³/mol. The van der Waals surface area contributed by atoms with Gasteiger partial charge in [0.25, 0.3) is 0 Å². The Bertz CT molecular complexity index is 233. The van der Waals surface area contributed by atoms with Gasteiger partial charge in [-0.25, -0.2) is 0 Å². The van der Waals surface area contributed by atoms with Gasteiger partial charge in [-0.15, -0.1) is 0 Å². The Balaban J connectivity index is 2.87. The molecular formula is C13H24O2. The van der Waals surface area contributed by atoms with Crippen molar-refractivity contribution in [3.8, 4) is 0 Å². The van der Waals surface area contributed by atoms with E-state index in [4.69, 9.17) is 4.74 Å². The van der Waals surface area contributed by atoms with Gasteiger partial charge in [0.2, 0.25) is 0 Å². The molecule has 0 aliphatic carbocycles. The van der Waals surface area contributed by atoms with Gasteiger partial charge in [-0.3, -0.25) is 0 Å². The van der Waals surface area contributed by atoms with Crippen molar-refractivity contribution < 1.29 is 9.84 Å². The summed E-state index contributed by atoms with van der Waals surface area (Å²) in [5, 5.41) is 10.5. The van der Waals surface area contributed by atoms with Crippen LogP contribution < -0.4 is 0 Å². The number of aliphatic hydroxyl groups is 1. The summed E-state index contributed by atoms with van der Waals surface area (Å²) in [5.74, 6) is -0.614. The summed E-state index contributed by atoms with van der Waals surface area (Å²) in [5.41, 5.74) is 0.834. The fourth-order valence-electron chi connectivity index (χ4n) is 2.08. The topological polar surface area (TPSA) is 29.5 Å². The third-order valence-electron chi connectivity index (χ3n) is 3.33. The van der Waals surface area contributed by atoms with E-state index in [0.717, 1.165) is 24.8 Å². The number of rotatable bonds is 2. The van der Waals surface area contributed by atoms with Crippen molar-refractivity contribution in [3.05, 3.63) is 12.2 Å². The van der Waals surface area contributed by atoms with Crippen LogP contribution in [-0.4, -0.2) is 17.0 Å². The molecule has 1 heterocycles. The highest BCUT2D eigenvalue weighted by molar-refractivity contribution is 5.10. The zero-order chi connectivity index (χ0) is 11.6. The van der Waals surface area contributed by atoms with Gasteiger partial charge in [-0.05, 0) is 30.8 Å². The van der Waals surface area contributed by atoms with Gasteiger partial charge in [0.1, 0.15) is 0 Å². The molecule has 2 nitrogen and oxygen atoms in total. The maximum Gasteiger partial charge on any atom is 0.190 e. The van der Waals surface area contributed by atoms with Crippen molar-refractivity contribution in [2.45, 2.75) is 58.8 Å². The molecule has 1 aliphatic rings. The van der Waals surface area contributed by atoms with Crippen LogP contribution in [0.2, 0.25) is 0 Å². The molecule has 2 unspecified atom stereocenters. The minimum absolute atomic E-state index is 0.0596. The minimum Gasteiger partial charge on any atom is -0.362 e. The summed E-state index contributed by atoms with van der Waals surface area (Å²) in [6.07, 6.45) is 3.11. The van der Waals surface area contributed by atoms with Crippen LogP contribution in [0.15, 0.2) is 12.2 Å². The summed E-state index contributed by atoms with van der Waals surface area (Å²) in [6, 6.07) is 0. The van der Waals surface area contributed by atoms with Crippen LogP contribution in [0.1, 0.15) is 47.0 Å². The summed E-state index contributed by atoms with van der Waals surface area (Å²) in [7, 11) is 0. The van der Waals surface area contributed by atoms with Gasteiger partial charge in [-0.2, -0.15) is 0 Å². The Hall–Kier alpha value is -0.340. The van der Waals surface area contributed by atoms with Crippen LogP contribution in [0.25, 0.3) is 0 Å². The van der Waals surface area contributed by atoms with E-state index in [1.807, 2.05) is 13.8 Å². The fourth-order valence-corrected chi connectivity index (χ4v) is 2.08. The SMILES string of the molecule is C=C1CCCC(C(C)C)OC1(O)C(C)C. The Kier molecular flexibility index (Phi) is 3.96. The second-order valence-corrected chi connectivity index (χ2v) is 5.25. The zero-order valence-corrected chi connectivity index (χ0v) is 10.4. The molecule has 0 radical (unpaired) electrons. The lowest BCUT2D eigenvalue weighted by atomic mass is 9.93. The Morgan fingerprint density at radius 2 is 2.00 bits per heavy atom. The predicted octanol–water partition coefficient (Wildman–Crippen LogP) is 3.11. The van der Waals surface area contributed by atoms with Crippen LogP contribution in [0.3, 0.4) is 0 Å². The molecule has 1 saturated heterocycles. The summed E-state index contributed by atoms with van der Waals surface area (Å²) in [6.45, 7) is 12.2. The van der Waals surface area contributed by atoms with Gasteiger partial charge in [0.05, 0.1) is 6.10 Å². The van der Waals surface area contributed by atoms with Crippen molar-refractivity contribution >= 4 is 0 Å². The molecule has 0 spiro atoms. The molecule has 2 heteroatoms. The third-order valence-corrected chi connectivity index (χ3v) is 3.33. The largest absolute Gasteiger partial charge is 0.362 e. The summed E-state index contributed by atoms with van der Waals surface area (Å²) in [4.78, 5) is 0. The van der Waals surface area contributed by atoms with E-state index in [9.17, 15) is 5.11 Å². The van der Waals surface area contributed by atoms with Crippen LogP contribution in [-0.2, 0) is 4.74 Å². The van der Waals surface area contributed by atoms with E-state index < -0.39 is 5.79 Å². The van der Waals surface area contributed by atoms with E-state index >= 15 is 0 Å². The quantitative estimate of drug-likeness (QED) is 0.713. The van der Waals surface area contributed by atoms with E-state index in [2.05, 4.69) is 20.4 Å². The zero-order valence-electron chi connectivity index (χ0n) is 10.4. The molecule has 0 aromatic carbocycles. The van der Waals surface area contributed by atoms with E-state index in [0.29, 0.717) is 5.92 Å². The van der Waals surface area contributed by atoms with E-state index in [-0.39, 0.29) is 12.0 Å². The van der Waals surface area contributed by atoms with Crippen LogP contribution in [0, 0.1) is 11.8 Å². The number of ether oxygens (including phenoxy) is 1. The molecule has 1 N–H and O–H groups in total. The summed E-state index contributed by atoms with van der Waals surface area (Å²) < 4.78 is 5.89. The monoisotopic (exact) mass is 212 g/mol. The molecule has 88 valence electrons. The molecule has 0 aromatic rings. The maximum absolute atomic E-state index is 10.5. The molecule has 15 heavy (non-hydrogen) atoms. The first-order chi connectivity index (χ1) is 6.88. The molecule has 1 fully saturated rings. The first-order valence-corrected chi connectivity index (χ1v) is 5.96. The van der Waals surface area contributed by atoms with Gasteiger partial charge in [0.15, 0.2) is 5.79 Å². The van der Waals surface area contributed by atoms with Gasteiger partial charge in [-0.1, -0.05) is 34.3 Å². The molecular weight excluding hydrogens is 188 g/mol. The molecule has 2 atom stereocenters. The minimum atomic E-state index is -1.12. The second-order valence-electron chi connectivity index (χ2n) is 5.25. The highest BCUT2D eigenvalue weighted by atomic mass is 16.6. The Morgan fingerprint density at radius 3 is 2.47 bits per heavy atom. The third kappa shape index (κ3) is 2.61. The average molecular weight is 212 g/mol. The van der Waals surface area contributed by atoms with E-state index in [1.54, 1.807) is 0 Å². The summed E-state index contributed by atoms with van der Waals surface area (Å²) >= 11 is 0. The van der Waals surface area contributed by atoms with Crippen molar-refractivity contribution in [2.24, 2.45) is 11.8 Å². The van der Waals surface area contributed by atoms with Crippen molar-refractivity contribution in [3.63, 3.8) is 0 Å². The highest BCUT2D eigenvalue weighted by Crippen LogP contribution is 2.36. The molecule has 0 saturated carbocycles. The Labute approximate surface area is 93.3 Å². The van der Waals surface area contributed by atoms with Crippen LogP contribution in [0.5, 0.6) is 0 Å². The van der Waals surface area contributed by atoms with E-state index in [1.165, 1.54) is 0 Å². The number of hydrogen-bond donors (Lipinski definition) is 1. The van der Waals surface area contributed by atoms with Gasteiger partial charge in [0, 0.05) is 5.92 Å². The standard InChI is InChI=1S/C13H24O2/c1-9(2)12-8-6-7-11(5)13(14,15-12)10(3)4/h9-10,12,14H,5-8H2,1-4H3. The first-order valence-electron chi connectivity index (χ1n) is 5.96. The normalized spacial score (nSPS) is 33.5. The van der Waals surface area contributed by atoms with Gasteiger partial charge < -0.3 is 9.84 Å². The van der Waals surface area contributed by atoms with Crippen molar-refractivity contribution in [2.75, 3.05) is 0 Å². The molecule has 0 amide bonds. The lowest BCUT2D eigenvalue weighted by Gasteiger charge is -2.36. The molecule has 1 aliphatic heterocycles. The Morgan fingerprint density at radius 1 is 1.40 bits per heavy atom. The number of hydrogen-bond acceptors (Lipinski definition) is 2. The molecule has 0 aromatic heterocycles. The lowest BCUT2D eigenvalue weighted by molar-refractivity contribution is -0.233. The second kappa shape index (κ2) is 4.67. The van der Waals surface area contributed by atoms with Crippen molar-refractivity contribution in [1.29, 1.82) is 0 Å². The van der Waals surface area contributed by atoms with Crippen LogP contribution in [0.4, 0.5) is 0 Å². The molecule has 1 rings (SSSR count). The lowest BCUT2D eigenvalue weighted by Crippen LogP contribution is -2.43. The fraction of sp³-hybridized carbons (Fsp3) is 0.846. The molecule has 0 bridgehead atoms. The maximum atomic E-state index is 10.5. The van der Waals surface area contributed by atoms with Crippen LogP contribution >= 0.6 is 0 Å². The smallest absolute Gasteiger partial charge is 0.190 e. The highest BCUT2D eigenvalue weighted by Gasteiger charge is 2.40. The first kappa shape index (κ1) is 12.7. The van der Waals surface area contributed by atoms with Crippen molar-refractivity contribution in [1.82, 2.24) is 0 Å². The van der Waals surface area contributed by atoms with Gasteiger partial charge >= 0.3 is 0 Å². The average Bonchev–Trinajstić information content (AvgIpc) is 2.28.